The van der Waals surface area contributed by atoms with Crippen molar-refractivity contribution in [2.75, 3.05) is 27.9 Å². The van der Waals surface area contributed by atoms with E-state index in [2.05, 4.69) is 80.2 Å². The summed E-state index contributed by atoms with van der Waals surface area (Å²) in [5.41, 5.74) is 3.76. The van der Waals surface area contributed by atoms with Crippen LogP contribution in [0.1, 0.15) is 272 Å². The van der Waals surface area contributed by atoms with Gasteiger partial charge >= 0.3 is 5.97 Å². The van der Waals surface area contributed by atoms with Crippen LogP contribution in [-0.2, 0) is 47.8 Å². The van der Waals surface area contributed by atoms with Gasteiger partial charge in [0.1, 0.15) is 28.8 Å². The standard InChI is InChI=1S/C32H43NO4.C26H40O4.C21H20O6.C19H28O2.C14H12O3/c1-27(2)12-14-32(26(36)37-9)15-13-31(7)24(19(32)17-27)21(34)16-23-29(5)18-20(33-8)25(35)28(3,4)22(29)10-11-30(23,31)6;1-15-23-21(30-26(15)9-4-5-11-29-26)13-20-18-7-6-16-12-17(27)8-10-24(16,2)19(18)14-22(28)25(20,23)3;1-26-20-11-14(5-9-18(20)24)3-7-16(22)13-17(23)8-4-15-6-10-19(25)21(12-15)27-2;1-18-9-7-13(20)11-12(18)3-4-14-15-5-6-17(21)19(15,2)10-8-16(14)18;15-12-5-3-10(4-6-12)1-2-11-7-13(16)9-14(17)8-11/h16,18-19,22,24H,10-15,17H2,1-7,9H3;15-21,23,27H,4-14H2,1-3H3;3-12,24-25H,13H2,1-2H3;3,13-16,20H,4-11H2,1-2H3;1-9,15-17H/b;;7-3+,8-4+;;2-1+/t19-,22-,24-,29-,30+,31+,32-;15-,16?,17-,18?,19?,20?,21?,23?,24-,25+,26+;;13-,14-,15-,16-,18-,19-;/m00.0./s1. The molecular formula is C112H143NO19. The Hall–Kier alpha value is -9.26. The number of aromatic hydroxyl groups is 5. The van der Waals surface area contributed by atoms with Crippen LogP contribution in [0.4, 0.5) is 0 Å². The van der Waals surface area contributed by atoms with Crippen LogP contribution in [0, 0.1) is 132 Å². The average Bonchev–Trinajstić information content (AvgIpc) is 0.919. The molecule has 20 nitrogen and oxygen atoms in total. The van der Waals surface area contributed by atoms with Crippen molar-refractivity contribution >= 4 is 65.0 Å². The molecule has 0 aromatic heterocycles. The van der Waals surface area contributed by atoms with Gasteiger partial charge in [-0.1, -0.05) is 155 Å². The van der Waals surface area contributed by atoms with Crippen LogP contribution in [0.2, 0.25) is 0 Å². The number of phenols is 5. The molecule has 0 bridgehead atoms. The van der Waals surface area contributed by atoms with Crippen molar-refractivity contribution in [3.63, 3.8) is 0 Å². The molecule has 710 valence electrons. The first-order valence-electron chi connectivity index (χ1n) is 48.9. The van der Waals surface area contributed by atoms with E-state index >= 15 is 0 Å². The number of hydrogen-bond acceptors (Lipinski definition) is 19. The van der Waals surface area contributed by atoms with Crippen molar-refractivity contribution in [3.05, 3.63) is 160 Å². The van der Waals surface area contributed by atoms with Gasteiger partial charge in [-0.15, -0.1) is 0 Å². The van der Waals surface area contributed by atoms with E-state index < -0.39 is 22.0 Å². The van der Waals surface area contributed by atoms with Crippen LogP contribution in [0.25, 0.3) is 29.1 Å². The number of carbonyl (C=O) groups excluding carboxylic acids is 7. The number of ketones is 6. The van der Waals surface area contributed by atoms with E-state index in [1.807, 2.05) is 32.1 Å². The van der Waals surface area contributed by atoms with Crippen LogP contribution < -0.4 is 9.47 Å². The number of rotatable bonds is 11. The highest BCUT2D eigenvalue weighted by Gasteiger charge is 2.74. The Morgan fingerprint density at radius 1 is 0.576 bits per heavy atom. The van der Waals surface area contributed by atoms with Crippen molar-refractivity contribution in [2.24, 2.45) is 125 Å². The smallest absolute Gasteiger partial charge is 0.312 e. The molecule has 4 aromatic rings. The molecule has 2 heterocycles. The fourth-order valence-electron chi connectivity index (χ4n) is 30.2. The first-order chi connectivity index (χ1) is 62.3. The number of aliphatic hydroxyl groups is 2. The summed E-state index contributed by atoms with van der Waals surface area (Å²) in [5, 5.41) is 67.1. The zero-order valence-electron chi connectivity index (χ0n) is 80.4. The molecule has 0 radical (unpaired) electrons. The highest BCUT2D eigenvalue weighted by Crippen LogP contribution is 2.76. The Kier molecular flexibility index (Phi) is 27.1. The second kappa shape index (κ2) is 36.8. The number of carbonyl (C=O) groups is 7. The zero-order valence-corrected chi connectivity index (χ0v) is 80.4. The number of phenolic OH excluding ortho intramolecular Hbond substituents is 5. The Morgan fingerprint density at radius 2 is 1.20 bits per heavy atom. The molecule has 19 rings (SSSR count). The van der Waals surface area contributed by atoms with Gasteiger partial charge in [-0.05, 0) is 311 Å². The maximum Gasteiger partial charge on any atom is 0.312 e. The number of methoxy groups -OCH3 is 3. The van der Waals surface area contributed by atoms with E-state index in [0.29, 0.717) is 92.5 Å². The van der Waals surface area contributed by atoms with Gasteiger partial charge in [0.2, 0.25) is 5.70 Å². The van der Waals surface area contributed by atoms with Gasteiger partial charge in [0.15, 0.2) is 51.9 Å². The summed E-state index contributed by atoms with van der Waals surface area (Å²) in [6, 6.07) is 20.5. The van der Waals surface area contributed by atoms with E-state index in [4.69, 9.17) is 35.4 Å². The van der Waals surface area contributed by atoms with E-state index in [9.17, 15) is 64.2 Å². The fraction of sp³-hybridized carbons (Fsp3) is 0.607. The normalized spacial score (nSPS) is 38.5. The monoisotopic (exact) mass is 1810 g/mol. The summed E-state index contributed by atoms with van der Waals surface area (Å²) in [6.45, 7) is 35.6. The van der Waals surface area contributed by atoms with Crippen LogP contribution >= 0.6 is 0 Å². The molecule has 4 aromatic carbocycles. The van der Waals surface area contributed by atoms with Crippen molar-refractivity contribution < 1.29 is 93.0 Å². The summed E-state index contributed by atoms with van der Waals surface area (Å²) in [4.78, 5) is 94.8. The van der Waals surface area contributed by atoms with E-state index in [1.54, 1.807) is 78.9 Å². The third-order valence-corrected chi connectivity index (χ3v) is 37.6. The van der Waals surface area contributed by atoms with Gasteiger partial charge in [-0.3, -0.25) is 28.8 Å². The van der Waals surface area contributed by atoms with Crippen molar-refractivity contribution in [1.29, 1.82) is 0 Å². The number of benzene rings is 4. The number of allylic oxidation sites excluding steroid dienone is 7. The van der Waals surface area contributed by atoms with Crippen molar-refractivity contribution in [2.45, 2.75) is 274 Å². The van der Waals surface area contributed by atoms with Gasteiger partial charge in [-0.25, -0.2) is 4.85 Å². The van der Waals surface area contributed by atoms with Gasteiger partial charge < -0.3 is 64.2 Å². The minimum Gasteiger partial charge on any atom is -0.508 e. The number of hydrogen-bond donors (Lipinski definition) is 7. The molecule has 13 aliphatic carbocycles. The summed E-state index contributed by atoms with van der Waals surface area (Å²) >= 11 is 0. The topological polar surface area (TPSA) is 312 Å². The fourth-order valence-corrected chi connectivity index (χ4v) is 30.2. The van der Waals surface area contributed by atoms with Crippen molar-refractivity contribution in [1.82, 2.24) is 0 Å². The molecule has 2 saturated heterocycles. The highest BCUT2D eigenvalue weighted by atomic mass is 16.7. The van der Waals surface area contributed by atoms with Crippen LogP contribution in [0.5, 0.6) is 40.2 Å². The lowest BCUT2D eigenvalue weighted by molar-refractivity contribution is -0.264. The number of aliphatic hydroxyl groups excluding tert-OH is 2. The van der Waals surface area contributed by atoms with Crippen LogP contribution in [-0.4, -0.2) is 128 Å². The SMILES string of the molecule is COc1cc(/C=C/C(=O)CC(=O)/C=C/c2ccc(O)c(OC)c2)ccc1O.C[C@H]1C2C(CC3C4CCC5C[C@@H](O)CC[C@]5(C)C4CC(=O)[C@@]32C)O[C@]12CCCCO2.C[C@]12CC[C@H](O)CC1=CC[C@@H]1[C@@H]2CC[C@]2(C)C(=O)CC[C@@H]12.Oc1ccc(/C=C/c2cc(O)cc(O)c2)cc1.[C-]#[N+]C1=C[C@]2(C)C3=CC(=O)[C@@H]4[C@@H]5CC(C)(C)CC[C@]5(C(=O)OC)CC[C@@]4(C)[C@]3(C)CC[C@H]2C(C)(C)C1=O. The summed E-state index contributed by atoms with van der Waals surface area (Å²) in [6.07, 6.45) is 40.0. The van der Waals surface area contributed by atoms with E-state index in [0.717, 1.165) is 158 Å². The minimum absolute atomic E-state index is 0.00662. The molecule has 6 unspecified atom stereocenters. The number of esters is 1. The summed E-state index contributed by atoms with van der Waals surface area (Å²) in [5.74, 6) is 5.34. The number of nitrogens with zero attached hydrogens (tertiary/aromatic N) is 1. The van der Waals surface area contributed by atoms with E-state index in [1.165, 1.54) is 82.9 Å². The van der Waals surface area contributed by atoms with Gasteiger partial charge in [0, 0.05) is 64.7 Å². The molecule has 24 atom stereocenters. The molecule has 132 heavy (non-hydrogen) atoms. The predicted octanol–water partition coefficient (Wildman–Crippen LogP) is 21.7. The lowest BCUT2D eigenvalue weighted by Gasteiger charge is -2.68. The minimum atomic E-state index is -0.660. The quantitative estimate of drug-likeness (QED) is 0.0183. The maximum atomic E-state index is 14.4. The van der Waals surface area contributed by atoms with Crippen molar-refractivity contribution in [3.8, 4) is 40.2 Å². The molecule has 15 aliphatic rings. The lowest BCUT2D eigenvalue weighted by atomic mass is 9.34. The molecule has 0 amide bonds. The van der Waals surface area contributed by atoms with Gasteiger partial charge in [0.25, 0.3) is 0 Å². The second-order valence-electron chi connectivity index (χ2n) is 45.1. The molecule has 1 spiro atoms. The predicted molar refractivity (Wildman–Crippen MR) is 507 cm³/mol. The highest BCUT2D eigenvalue weighted by molar-refractivity contribution is 6.11. The van der Waals surface area contributed by atoms with Crippen LogP contribution in [0.15, 0.2) is 126 Å². The number of ether oxygens (including phenoxy) is 5. The molecule has 12 fully saturated rings. The summed E-state index contributed by atoms with van der Waals surface area (Å²) in [7, 11) is 4.35. The van der Waals surface area contributed by atoms with Gasteiger partial charge in [0.05, 0.1) is 64.7 Å². The molecule has 2 aliphatic heterocycles. The Morgan fingerprint density at radius 3 is 1.83 bits per heavy atom. The summed E-state index contributed by atoms with van der Waals surface area (Å²) < 4.78 is 28.4. The maximum absolute atomic E-state index is 14.4. The first kappa shape index (κ1) is 97.3. The molecular weight excluding hydrogens is 1660 g/mol. The molecule has 7 N–H and O–H groups in total. The third kappa shape index (κ3) is 17.3. The first-order valence-corrected chi connectivity index (χ1v) is 48.9. The Labute approximate surface area is 780 Å². The van der Waals surface area contributed by atoms with E-state index in [-0.39, 0.29) is 139 Å². The molecule has 20 heteroatoms. The lowest BCUT2D eigenvalue weighted by Crippen LogP contribution is -2.65. The number of Topliss-reactive ketones (excluding diaryl/α,β-unsaturated/α-hetero) is 3. The average molecular weight is 1810 g/mol. The Bertz CT molecular complexity index is 5270. The van der Waals surface area contributed by atoms with Crippen LogP contribution in [0.3, 0.4) is 0 Å². The largest absolute Gasteiger partial charge is 0.508 e. The zero-order chi connectivity index (χ0) is 95.2. The third-order valence-electron chi connectivity index (χ3n) is 37.6. The van der Waals surface area contributed by atoms with Gasteiger partial charge in [-0.2, -0.15) is 0 Å². The Balaban J connectivity index is 0.000000129. The molecule has 10 saturated carbocycles. The second-order valence-corrected chi connectivity index (χ2v) is 45.1. The number of fused-ring (bicyclic) bond motifs is 19.